The van der Waals surface area contributed by atoms with Crippen LogP contribution < -0.4 is 5.32 Å². The molecule has 7 heteroatoms. The number of thioether (sulfide) groups is 1. The van der Waals surface area contributed by atoms with Crippen LogP contribution in [0.3, 0.4) is 0 Å². The fraction of sp³-hybridized carbons (Fsp3) is 0.688. The van der Waals surface area contributed by atoms with Gasteiger partial charge in [0.05, 0.1) is 0 Å². The average molecular weight is 356 g/mol. The van der Waals surface area contributed by atoms with E-state index in [1.807, 2.05) is 11.8 Å². The minimum Gasteiger partial charge on any atom is -0.367 e. The fourth-order valence-corrected chi connectivity index (χ4v) is 5.45. The smallest absolute Gasteiger partial charge is 0.179 e. The van der Waals surface area contributed by atoms with Crippen LogP contribution >= 0.6 is 11.8 Å². The molecule has 1 aromatic rings. The molecule has 1 saturated carbocycles. The molecule has 5 nitrogen and oxygen atoms in total. The summed E-state index contributed by atoms with van der Waals surface area (Å²) in [6.45, 7) is 3.04. The first kappa shape index (κ1) is 17.0. The number of pyridine rings is 1. The highest BCUT2D eigenvalue weighted by Gasteiger charge is 2.40. The highest BCUT2D eigenvalue weighted by molar-refractivity contribution is 7.99. The summed E-state index contributed by atoms with van der Waals surface area (Å²) in [6, 6.07) is 3.30. The summed E-state index contributed by atoms with van der Waals surface area (Å²) in [7, 11) is -3.27. The molecule has 0 unspecified atom stereocenters. The lowest BCUT2D eigenvalue weighted by molar-refractivity contribution is 0.116. The molecule has 0 amide bonds. The van der Waals surface area contributed by atoms with Crippen molar-refractivity contribution < 1.29 is 8.42 Å². The Morgan fingerprint density at radius 2 is 2.00 bits per heavy atom. The molecule has 128 valence electrons. The van der Waals surface area contributed by atoms with E-state index in [0.29, 0.717) is 10.7 Å². The Labute approximate surface area is 143 Å². The number of anilines is 1. The maximum Gasteiger partial charge on any atom is 0.179 e. The Morgan fingerprint density at radius 3 is 2.65 bits per heavy atom. The quantitative estimate of drug-likeness (QED) is 0.874. The van der Waals surface area contributed by atoms with Crippen LogP contribution in [0.25, 0.3) is 0 Å². The molecule has 2 fully saturated rings. The zero-order chi connectivity index (χ0) is 16.3. The summed E-state index contributed by atoms with van der Waals surface area (Å²) in [5, 5.41) is 3.36. The number of nitrogens with zero attached hydrogens (tertiary/aromatic N) is 2. The number of aromatic nitrogens is 1. The second-order valence-corrected chi connectivity index (χ2v) is 9.72. The molecule has 0 bridgehead atoms. The van der Waals surface area contributed by atoms with Crippen molar-refractivity contribution in [1.82, 2.24) is 9.88 Å². The van der Waals surface area contributed by atoms with Gasteiger partial charge in [-0.15, -0.1) is 0 Å². The van der Waals surface area contributed by atoms with Crippen LogP contribution in [0.15, 0.2) is 23.2 Å². The van der Waals surface area contributed by atoms with Gasteiger partial charge in [0, 0.05) is 49.1 Å². The Kier molecular flexibility index (Phi) is 5.18. The van der Waals surface area contributed by atoms with Gasteiger partial charge in [-0.1, -0.05) is 12.8 Å². The third kappa shape index (κ3) is 3.83. The molecule has 3 rings (SSSR count). The van der Waals surface area contributed by atoms with Crippen molar-refractivity contribution in [2.75, 3.05) is 42.7 Å². The maximum absolute atomic E-state index is 11.9. The van der Waals surface area contributed by atoms with E-state index in [-0.39, 0.29) is 5.54 Å². The van der Waals surface area contributed by atoms with Gasteiger partial charge in [0.1, 0.15) is 10.7 Å². The van der Waals surface area contributed by atoms with Crippen molar-refractivity contribution in [2.24, 2.45) is 0 Å². The largest absolute Gasteiger partial charge is 0.367 e. The maximum atomic E-state index is 11.9. The summed E-state index contributed by atoms with van der Waals surface area (Å²) in [5.41, 5.74) is 0.160. The molecule has 2 aliphatic rings. The summed E-state index contributed by atoms with van der Waals surface area (Å²) < 4.78 is 23.9. The third-order valence-electron chi connectivity index (χ3n) is 4.97. The standard InChI is InChI=1S/C16H25N3O2S2/c1-23(20,21)14-5-4-8-17-15(14)18-13-16(6-2-3-7-16)19-9-11-22-12-10-19/h4-5,8H,2-3,6-7,9-13H2,1H3,(H,17,18). The molecule has 1 aliphatic heterocycles. The van der Waals surface area contributed by atoms with Gasteiger partial charge in [-0.25, -0.2) is 13.4 Å². The lowest BCUT2D eigenvalue weighted by atomic mass is 9.94. The van der Waals surface area contributed by atoms with Crippen molar-refractivity contribution >= 4 is 27.4 Å². The van der Waals surface area contributed by atoms with Crippen LogP contribution in [0, 0.1) is 0 Å². The van der Waals surface area contributed by atoms with Crippen LogP contribution in [-0.2, 0) is 9.84 Å². The molecule has 0 radical (unpaired) electrons. The monoisotopic (exact) mass is 355 g/mol. The molecule has 23 heavy (non-hydrogen) atoms. The summed E-state index contributed by atoms with van der Waals surface area (Å²) >= 11 is 2.02. The number of hydrogen-bond donors (Lipinski definition) is 1. The van der Waals surface area contributed by atoms with E-state index in [1.165, 1.54) is 43.4 Å². The second-order valence-electron chi connectivity index (χ2n) is 6.51. The van der Waals surface area contributed by atoms with Crippen molar-refractivity contribution in [3.8, 4) is 0 Å². The van der Waals surface area contributed by atoms with E-state index >= 15 is 0 Å². The zero-order valence-corrected chi connectivity index (χ0v) is 15.3. The van der Waals surface area contributed by atoms with Gasteiger partial charge in [-0.2, -0.15) is 11.8 Å². The molecule has 2 heterocycles. The van der Waals surface area contributed by atoms with Crippen LogP contribution in [0.2, 0.25) is 0 Å². The first-order chi connectivity index (χ1) is 11.0. The number of sulfone groups is 1. The SMILES string of the molecule is CS(=O)(=O)c1cccnc1NCC1(N2CCSCC2)CCCC1. The van der Waals surface area contributed by atoms with E-state index in [2.05, 4.69) is 15.2 Å². The van der Waals surface area contributed by atoms with Crippen molar-refractivity contribution in [2.45, 2.75) is 36.1 Å². The molecular weight excluding hydrogens is 330 g/mol. The van der Waals surface area contributed by atoms with Crippen molar-refractivity contribution in [3.63, 3.8) is 0 Å². The molecule has 0 spiro atoms. The van der Waals surface area contributed by atoms with E-state index in [4.69, 9.17) is 0 Å². The first-order valence-corrected chi connectivity index (χ1v) is 11.3. The lowest BCUT2D eigenvalue weighted by Gasteiger charge is -2.43. The summed E-state index contributed by atoms with van der Waals surface area (Å²) in [5.74, 6) is 2.88. The lowest BCUT2D eigenvalue weighted by Crippen LogP contribution is -2.54. The normalized spacial score (nSPS) is 22.1. The molecular formula is C16H25N3O2S2. The van der Waals surface area contributed by atoms with Gasteiger partial charge in [0.2, 0.25) is 0 Å². The van der Waals surface area contributed by atoms with E-state index in [1.54, 1.807) is 18.3 Å². The summed E-state index contributed by atoms with van der Waals surface area (Å²) in [6.07, 6.45) is 7.77. The van der Waals surface area contributed by atoms with Crippen LogP contribution in [-0.4, -0.2) is 61.2 Å². The topological polar surface area (TPSA) is 62.3 Å². The Bertz CT molecular complexity index is 636. The van der Waals surface area contributed by atoms with Crippen molar-refractivity contribution in [1.29, 1.82) is 0 Å². The Balaban J connectivity index is 1.78. The highest BCUT2D eigenvalue weighted by atomic mass is 32.2. The number of hydrogen-bond acceptors (Lipinski definition) is 6. The Hall–Kier alpha value is -0.790. The average Bonchev–Trinajstić information content (AvgIpc) is 3.03. The Morgan fingerprint density at radius 1 is 1.30 bits per heavy atom. The van der Waals surface area contributed by atoms with E-state index in [0.717, 1.165) is 19.6 Å². The van der Waals surface area contributed by atoms with E-state index < -0.39 is 9.84 Å². The van der Waals surface area contributed by atoms with Crippen LogP contribution in [0.5, 0.6) is 0 Å². The van der Waals surface area contributed by atoms with E-state index in [9.17, 15) is 8.42 Å². The highest BCUT2D eigenvalue weighted by Crippen LogP contribution is 2.37. The van der Waals surface area contributed by atoms with Crippen molar-refractivity contribution in [3.05, 3.63) is 18.3 Å². The minimum absolute atomic E-state index is 0.160. The number of rotatable bonds is 5. The van der Waals surface area contributed by atoms with Gasteiger partial charge in [-0.3, -0.25) is 4.90 Å². The third-order valence-corrected chi connectivity index (χ3v) is 7.04. The van der Waals surface area contributed by atoms with Gasteiger partial charge < -0.3 is 5.32 Å². The van der Waals surface area contributed by atoms with Gasteiger partial charge in [0.25, 0.3) is 0 Å². The minimum atomic E-state index is -3.27. The van der Waals surface area contributed by atoms with Crippen LogP contribution in [0.1, 0.15) is 25.7 Å². The number of nitrogens with one attached hydrogen (secondary N) is 1. The molecule has 1 N–H and O–H groups in total. The first-order valence-electron chi connectivity index (χ1n) is 8.23. The zero-order valence-electron chi connectivity index (χ0n) is 13.6. The van der Waals surface area contributed by atoms with Gasteiger partial charge in [-0.05, 0) is 25.0 Å². The predicted octanol–water partition coefficient (Wildman–Crippen LogP) is 2.26. The molecule has 1 aliphatic carbocycles. The molecule has 0 aromatic carbocycles. The fourth-order valence-electron chi connectivity index (χ4n) is 3.75. The molecule has 1 saturated heterocycles. The van der Waals surface area contributed by atoms with Gasteiger partial charge >= 0.3 is 0 Å². The van der Waals surface area contributed by atoms with Gasteiger partial charge in [0.15, 0.2) is 9.84 Å². The van der Waals surface area contributed by atoms with Crippen LogP contribution in [0.4, 0.5) is 5.82 Å². The molecule has 0 atom stereocenters. The molecule has 1 aromatic heterocycles. The predicted molar refractivity (Wildman–Crippen MR) is 95.9 cm³/mol. The second kappa shape index (κ2) is 6.99. The summed E-state index contributed by atoms with van der Waals surface area (Å²) in [4.78, 5) is 7.18.